The van der Waals surface area contributed by atoms with Gasteiger partial charge in [0, 0.05) is 11.6 Å². The third-order valence-electron chi connectivity index (χ3n) is 3.28. The van der Waals surface area contributed by atoms with Gasteiger partial charge in [0.15, 0.2) is 17.3 Å². The molecule has 0 unspecified atom stereocenters. The van der Waals surface area contributed by atoms with E-state index in [0.29, 0.717) is 6.07 Å². The van der Waals surface area contributed by atoms with Crippen LogP contribution in [-0.2, 0) is 0 Å². The van der Waals surface area contributed by atoms with Gasteiger partial charge in [-0.25, -0.2) is 4.39 Å². The van der Waals surface area contributed by atoms with Crippen molar-refractivity contribution in [3.05, 3.63) is 69.5 Å². The number of methoxy groups -OCH3 is 1. The summed E-state index contributed by atoms with van der Waals surface area (Å²) >= 11 is 0. The number of halogens is 3. The number of ketones is 1. The summed E-state index contributed by atoms with van der Waals surface area (Å²) in [5.74, 6) is -2.12. The van der Waals surface area contributed by atoms with Gasteiger partial charge in [-0.05, 0) is 24.3 Å². The molecule has 2 aromatic rings. The van der Waals surface area contributed by atoms with Crippen LogP contribution in [0.3, 0.4) is 0 Å². The molecule has 136 valence electrons. The van der Waals surface area contributed by atoms with Crippen LogP contribution < -0.4 is 9.47 Å². The molecule has 0 saturated heterocycles. The quantitative estimate of drug-likeness (QED) is 0.317. The van der Waals surface area contributed by atoms with Crippen LogP contribution >= 0.6 is 0 Å². The fraction of sp³-hybridized carbons (Fsp3) is 0.118. The molecule has 0 heterocycles. The number of hydrogen-bond acceptors (Lipinski definition) is 5. The van der Waals surface area contributed by atoms with E-state index in [0.717, 1.165) is 24.3 Å². The lowest BCUT2D eigenvalue weighted by atomic mass is 10.1. The van der Waals surface area contributed by atoms with Crippen molar-refractivity contribution in [2.24, 2.45) is 0 Å². The molecule has 0 aliphatic heterocycles. The highest BCUT2D eigenvalue weighted by Crippen LogP contribution is 2.33. The molecular formula is C17H12F3NO5. The first kappa shape index (κ1) is 19.0. The van der Waals surface area contributed by atoms with E-state index in [-0.39, 0.29) is 17.1 Å². The Morgan fingerprint density at radius 2 is 2.00 bits per heavy atom. The Labute approximate surface area is 145 Å². The zero-order valence-electron chi connectivity index (χ0n) is 13.3. The third kappa shape index (κ3) is 4.38. The lowest BCUT2D eigenvalue weighted by Gasteiger charge is -2.12. The maximum Gasteiger partial charge on any atom is 0.387 e. The minimum atomic E-state index is -3.11. The molecule has 0 saturated carbocycles. The number of carbonyl (C=O) groups excluding carboxylic acids is 1. The maximum absolute atomic E-state index is 13.9. The Bertz CT molecular complexity index is 867. The molecule has 0 fully saturated rings. The van der Waals surface area contributed by atoms with E-state index in [9.17, 15) is 28.1 Å². The van der Waals surface area contributed by atoms with E-state index in [1.807, 2.05) is 0 Å². The molecule has 26 heavy (non-hydrogen) atoms. The predicted molar refractivity (Wildman–Crippen MR) is 86.0 cm³/mol. The molecule has 0 radical (unpaired) electrons. The van der Waals surface area contributed by atoms with Crippen LogP contribution in [0.4, 0.5) is 18.9 Å². The number of nitro groups is 1. The number of benzene rings is 2. The second kappa shape index (κ2) is 8.15. The standard InChI is InChI=1S/C17H12F3NO5/c1-25-15-4-2-3-10(16(15)26-17(19)20)5-8-14(22)12-7-6-11(21(23)24)9-13(12)18/h2-9,17H,1H3. The summed E-state index contributed by atoms with van der Waals surface area (Å²) in [7, 11) is 1.26. The average molecular weight is 367 g/mol. The number of allylic oxidation sites excluding steroid dienone is 1. The number of para-hydroxylation sites is 1. The Kier molecular flexibility index (Phi) is 5.94. The number of hydrogen-bond donors (Lipinski definition) is 0. The lowest BCUT2D eigenvalue weighted by Crippen LogP contribution is -2.05. The molecule has 0 N–H and O–H groups in total. The molecule has 0 bridgehead atoms. The van der Waals surface area contributed by atoms with Crippen molar-refractivity contribution in [2.45, 2.75) is 6.61 Å². The second-order valence-corrected chi connectivity index (χ2v) is 4.88. The van der Waals surface area contributed by atoms with E-state index in [2.05, 4.69) is 4.74 Å². The third-order valence-corrected chi connectivity index (χ3v) is 3.28. The molecule has 9 heteroatoms. The fourth-order valence-corrected chi connectivity index (χ4v) is 2.11. The van der Waals surface area contributed by atoms with Crippen LogP contribution in [0.15, 0.2) is 42.5 Å². The van der Waals surface area contributed by atoms with Crippen LogP contribution in [0, 0.1) is 15.9 Å². The zero-order chi connectivity index (χ0) is 19.3. The number of carbonyl (C=O) groups is 1. The Morgan fingerprint density at radius 3 is 2.58 bits per heavy atom. The minimum absolute atomic E-state index is 0.0291. The Morgan fingerprint density at radius 1 is 1.27 bits per heavy atom. The zero-order valence-corrected chi connectivity index (χ0v) is 13.3. The van der Waals surface area contributed by atoms with Crippen LogP contribution in [0.1, 0.15) is 15.9 Å². The van der Waals surface area contributed by atoms with Crippen molar-refractivity contribution < 1.29 is 32.4 Å². The minimum Gasteiger partial charge on any atom is -0.493 e. The van der Waals surface area contributed by atoms with Crippen molar-refractivity contribution in [1.29, 1.82) is 0 Å². The molecular weight excluding hydrogens is 355 g/mol. The summed E-state index contributed by atoms with van der Waals surface area (Å²) < 4.78 is 48.3. The molecule has 2 aromatic carbocycles. The molecule has 0 amide bonds. The highest BCUT2D eigenvalue weighted by molar-refractivity contribution is 6.07. The van der Waals surface area contributed by atoms with Gasteiger partial charge in [-0.2, -0.15) is 8.78 Å². The molecule has 0 spiro atoms. The normalized spacial score (nSPS) is 11.0. The van der Waals surface area contributed by atoms with Gasteiger partial charge in [-0.15, -0.1) is 0 Å². The first-order valence-electron chi connectivity index (χ1n) is 7.11. The smallest absolute Gasteiger partial charge is 0.387 e. The number of rotatable bonds is 7. The monoisotopic (exact) mass is 367 g/mol. The van der Waals surface area contributed by atoms with Crippen LogP contribution in [0.5, 0.6) is 11.5 Å². The van der Waals surface area contributed by atoms with E-state index >= 15 is 0 Å². The molecule has 0 atom stereocenters. The summed E-state index contributed by atoms with van der Waals surface area (Å²) in [6, 6.07) is 6.87. The van der Waals surface area contributed by atoms with Gasteiger partial charge in [0.05, 0.1) is 23.7 Å². The van der Waals surface area contributed by atoms with Crippen molar-refractivity contribution >= 4 is 17.5 Å². The van der Waals surface area contributed by atoms with Crippen LogP contribution in [-0.4, -0.2) is 24.4 Å². The largest absolute Gasteiger partial charge is 0.493 e. The highest BCUT2D eigenvalue weighted by atomic mass is 19.3. The number of alkyl halides is 2. The van der Waals surface area contributed by atoms with Gasteiger partial charge in [-0.1, -0.05) is 12.1 Å². The van der Waals surface area contributed by atoms with Crippen molar-refractivity contribution in [3.8, 4) is 11.5 Å². The molecule has 2 rings (SSSR count). The van der Waals surface area contributed by atoms with E-state index in [1.54, 1.807) is 0 Å². The van der Waals surface area contributed by atoms with Crippen LogP contribution in [0.2, 0.25) is 0 Å². The molecule has 0 aliphatic rings. The van der Waals surface area contributed by atoms with Gasteiger partial charge < -0.3 is 9.47 Å². The summed E-state index contributed by atoms with van der Waals surface area (Å²) in [6.07, 6.45) is 2.10. The topological polar surface area (TPSA) is 78.7 Å². The summed E-state index contributed by atoms with van der Waals surface area (Å²) in [5, 5.41) is 10.6. The van der Waals surface area contributed by atoms with E-state index < -0.39 is 34.4 Å². The molecule has 6 nitrogen and oxygen atoms in total. The second-order valence-electron chi connectivity index (χ2n) is 4.88. The van der Waals surface area contributed by atoms with Crippen molar-refractivity contribution in [1.82, 2.24) is 0 Å². The number of nitrogens with zero attached hydrogens (tertiary/aromatic N) is 1. The van der Waals surface area contributed by atoms with Gasteiger partial charge in [0.25, 0.3) is 5.69 Å². The van der Waals surface area contributed by atoms with Gasteiger partial charge >= 0.3 is 6.61 Å². The summed E-state index contributed by atoms with van der Waals surface area (Å²) in [6.45, 7) is -3.11. The highest BCUT2D eigenvalue weighted by Gasteiger charge is 2.16. The summed E-state index contributed by atoms with van der Waals surface area (Å²) in [5.41, 5.74) is -0.783. The first-order valence-corrected chi connectivity index (χ1v) is 7.11. The Balaban J connectivity index is 2.32. The number of ether oxygens (including phenoxy) is 2. The van der Waals surface area contributed by atoms with Gasteiger partial charge in [0.1, 0.15) is 5.82 Å². The Hall–Kier alpha value is -3.36. The van der Waals surface area contributed by atoms with Crippen molar-refractivity contribution in [3.63, 3.8) is 0 Å². The SMILES string of the molecule is COc1cccc(C=CC(=O)c2ccc([N+](=O)[O-])cc2F)c1OC(F)F. The lowest BCUT2D eigenvalue weighted by molar-refractivity contribution is -0.385. The summed E-state index contributed by atoms with van der Waals surface area (Å²) in [4.78, 5) is 21.9. The number of nitro benzene ring substituents is 1. The fourth-order valence-electron chi connectivity index (χ4n) is 2.11. The average Bonchev–Trinajstić information content (AvgIpc) is 2.59. The first-order chi connectivity index (χ1) is 12.3. The van der Waals surface area contributed by atoms with Crippen molar-refractivity contribution in [2.75, 3.05) is 7.11 Å². The number of non-ortho nitro benzene ring substituents is 1. The molecule has 0 aliphatic carbocycles. The van der Waals surface area contributed by atoms with Crippen LogP contribution in [0.25, 0.3) is 6.08 Å². The van der Waals surface area contributed by atoms with E-state index in [4.69, 9.17) is 4.74 Å². The maximum atomic E-state index is 13.9. The van der Waals surface area contributed by atoms with E-state index in [1.165, 1.54) is 25.3 Å². The predicted octanol–water partition coefficient (Wildman–Crippen LogP) is 4.24. The molecule has 0 aromatic heterocycles. The van der Waals surface area contributed by atoms with Gasteiger partial charge in [-0.3, -0.25) is 14.9 Å². The van der Waals surface area contributed by atoms with Gasteiger partial charge in [0.2, 0.25) is 0 Å².